The summed E-state index contributed by atoms with van der Waals surface area (Å²) in [4.78, 5) is 83.4. The Bertz CT molecular complexity index is 3090. The molecule has 1 aliphatic carbocycles. The molecule has 2 N–H and O–H groups in total. The summed E-state index contributed by atoms with van der Waals surface area (Å²) in [7, 11) is 3.12. The van der Waals surface area contributed by atoms with E-state index < -0.39 is 89.7 Å². The number of amides is 4. The number of benzene rings is 2. The van der Waals surface area contributed by atoms with Crippen LogP contribution in [0.5, 0.6) is 5.75 Å². The summed E-state index contributed by atoms with van der Waals surface area (Å²) >= 11 is 0. The summed E-state index contributed by atoms with van der Waals surface area (Å²) in [5, 5.41) is 4.93. The fourth-order valence-electron chi connectivity index (χ4n) is 13.1. The van der Waals surface area contributed by atoms with Crippen LogP contribution in [0.2, 0.25) is 0 Å². The molecule has 0 unspecified atom stereocenters. The molecule has 2 aromatic heterocycles. The van der Waals surface area contributed by atoms with Gasteiger partial charge < -0.3 is 43.5 Å². The van der Waals surface area contributed by atoms with Gasteiger partial charge in [-0.2, -0.15) is 13.2 Å². The van der Waals surface area contributed by atoms with Crippen LogP contribution >= 0.6 is 0 Å². The number of carbonyl (C=O) groups is 5. The normalized spacial score (nSPS) is 25.0. The van der Waals surface area contributed by atoms with Gasteiger partial charge in [-0.3, -0.25) is 29.2 Å². The quantitative estimate of drug-likeness (QED) is 0.168. The molecule has 3 saturated heterocycles. The second-order valence-electron chi connectivity index (χ2n) is 25.9. The highest BCUT2D eigenvalue weighted by Gasteiger charge is 2.47. The molecule has 17 nitrogen and oxygen atoms in total. The zero-order valence-corrected chi connectivity index (χ0v) is 49.1. The number of halogens is 3. The van der Waals surface area contributed by atoms with Crippen molar-refractivity contribution in [3.63, 3.8) is 0 Å². The lowest BCUT2D eigenvalue weighted by molar-refractivity contribution is -0.155. The predicted molar refractivity (Wildman–Crippen MR) is 302 cm³/mol. The van der Waals surface area contributed by atoms with Crippen molar-refractivity contribution < 1.29 is 56.1 Å². The number of alkyl halides is 3. The van der Waals surface area contributed by atoms with Crippen LogP contribution < -0.4 is 15.5 Å². The first kappa shape index (κ1) is 58.9. The first-order chi connectivity index (χ1) is 38.8. The third-order valence-electron chi connectivity index (χ3n) is 17.4. The number of fused-ring (bicyclic) bond motifs is 8. The van der Waals surface area contributed by atoms with E-state index in [0.717, 1.165) is 31.5 Å². The minimum absolute atomic E-state index is 0.0716. The van der Waals surface area contributed by atoms with E-state index in [2.05, 4.69) is 15.6 Å². The van der Waals surface area contributed by atoms with Gasteiger partial charge >= 0.3 is 18.2 Å². The summed E-state index contributed by atoms with van der Waals surface area (Å²) < 4.78 is 72.2. The van der Waals surface area contributed by atoms with Crippen molar-refractivity contribution in [2.24, 2.45) is 17.3 Å². The van der Waals surface area contributed by atoms with Crippen LogP contribution in [0.1, 0.15) is 135 Å². The molecule has 0 radical (unpaired) electrons. The van der Waals surface area contributed by atoms with Crippen LogP contribution in [0.4, 0.5) is 18.0 Å². The lowest BCUT2D eigenvalue weighted by Crippen LogP contribution is -2.62. The van der Waals surface area contributed by atoms with E-state index in [1.807, 2.05) is 65.1 Å². The van der Waals surface area contributed by atoms with Gasteiger partial charge in [0.1, 0.15) is 42.6 Å². The Morgan fingerprint density at radius 1 is 0.878 bits per heavy atom. The van der Waals surface area contributed by atoms with E-state index in [1.165, 1.54) is 32.2 Å². The van der Waals surface area contributed by atoms with Gasteiger partial charge in [0, 0.05) is 67.8 Å². The molecule has 6 aliphatic rings. The molecule has 10 rings (SSSR count). The monoisotopic (exact) mass is 1140 g/mol. The number of ether oxygens (including phenoxy) is 4. The molecule has 4 amide bonds. The van der Waals surface area contributed by atoms with Crippen LogP contribution in [-0.4, -0.2) is 155 Å². The first-order valence-electron chi connectivity index (χ1n) is 29.3. The van der Waals surface area contributed by atoms with Crippen molar-refractivity contribution in [2.75, 3.05) is 53.6 Å². The fraction of sp³-hybridized carbons (Fsp3) is 0.613. The number of rotatable bonds is 7. The lowest BCUT2D eigenvalue weighted by atomic mass is 9.83. The molecular formula is C62H81F3N8O9. The van der Waals surface area contributed by atoms with Gasteiger partial charge in [-0.25, -0.2) is 10.2 Å². The van der Waals surface area contributed by atoms with Crippen LogP contribution in [0.15, 0.2) is 48.7 Å². The largest absolute Gasteiger partial charge is 0.491 e. The second-order valence-corrected chi connectivity index (χ2v) is 25.9. The molecule has 444 valence electrons. The average Bonchev–Trinajstić information content (AvgIpc) is 2.31. The SMILES string of the molecule is CO[C@@H](C)c1ncc(C2CCN(C3CC3)CC2)cc1-c1c2c3cc(ccc3n1CC(F)(F)F)-c1cc3cc(c1)OC[C@@H]1[C@H](CCN1C(=O)OC(C)(C)C)C(=O)N(C)[C@@H](C(C)C)C(=O)N[C@@H](C3)C(=O)N1CCC[C@H](N1)C(=O)OCC(C)(C)C2. The van der Waals surface area contributed by atoms with Gasteiger partial charge in [0.15, 0.2) is 0 Å². The third kappa shape index (κ3) is 12.6. The maximum atomic E-state index is 15.4. The number of likely N-dealkylation sites (tertiary alicyclic amines) is 2. The molecule has 8 bridgehead atoms. The molecule has 7 heterocycles. The van der Waals surface area contributed by atoms with Crippen molar-refractivity contribution >= 4 is 40.7 Å². The van der Waals surface area contributed by atoms with Gasteiger partial charge in [0.25, 0.3) is 5.91 Å². The van der Waals surface area contributed by atoms with Crippen molar-refractivity contribution in [2.45, 2.75) is 174 Å². The van der Waals surface area contributed by atoms with E-state index in [4.69, 9.17) is 23.9 Å². The molecule has 2 aromatic carbocycles. The number of hydrogen-bond acceptors (Lipinski definition) is 12. The smallest absolute Gasteiger partial charge is 0.410 e. The number of pyridine rings is 1. The van der Waals surface area contributed by atoms with Crippen LogP contribution in [0, 0.1) is 17.3 Å². The van der Waals surface area contributed by atoms with E-state index in [0.29, 0.717) is 74.7 Å². The number of cyclic esters (lactones) is 1. The highest BCUT2D eigenvalue weighted by molar-refractivity contribution is 5.96. The number of aromatic nitrogens is 2. The van der Waals surface area contributed by atoms with Gasteiger partial charge in [0.05, 0.1) is 36.1 Å². The molecule has 4 fully saturated rings. The lowest BCUT2D eigenvalue weighted by Gasteiger charge is -2.37. The Balaban J connectivity index is 1.18. The topological polar surface area (TPSA) is 177 Å². The van der Waals surface area contributed by atoms with E-state index in [9.17, 15) is 19.2 Å². The molecule has 20 heteroatoms. The highest BCUT2D eigenvalue weighted by Crippen LogP contribution is 2.45. The van der Waals surface area contributed by atoms with Crippen LogP contribution in [-0.2, 0) is 52.8 Å². The third-order valence-corrected chi connectivity index (χ3v) is 17.4. The maximum absolute atomic E-state index is 15.4. The zero-order valence-electron chi connectivity index (χ0n) is 49.1. The van der Waals surface area contributed by atoms with Crippen molar-refractivity contribution in [1.82, 2.24) is 40.0 Å². The number of carbonyl (C=O) groups excluding carboxylic acids is 5. The number of methoxy groups -OCH3 is 1. The summed E-state index contributed by atoms with van der Waals surface area (Å²) in [6.45, 7) is 15.3. The number of piperidine rings is 1. The standard InChI is InChI=1S/C62H81F3N8O9/c1-35(2)53-55(74)67-49-26-37-24-40(27-43(25-37)80-32-51-44(56(75)69(53)9)19-23-71(51)59(78)82-60(4,5)6)39-13-16-50-45(28-39)47(30-61(7,8)34-81-58(77)48-12-11-20-73(68-48)57(49)76)54(72(50)33-62(63,64)65)46-29-41(31-66-52(46)36(3)79-10)38-17-21-70(22-18-38)42-14-15-42/h13,16,24-25,27-29,31,35-36,38,42,44,48-49,51,53,68H,11-12,14-15,17-23,26,30,32-34H2,1-10H3,(H,67,74)/t36-,44-,48-,49-,51+,53-/m0/s1. The maximum Gasteiger partial charge on any atom is 0.410 e. The molecule has 6 atom stereocenters. The zero-order chi connectivity index (χ0) is 58.7. The summed E-state index contributed by atoms with van der Waals surface area (Å²) in [6, 6.07) is 9.48. The minimum Gasteiger partial charge on any atom is -0.491 e. The van der Waals surface area contributed by atoms with Crippen molar-refractivity contribution in [3.8, 4) is 28.1 Å². The second kappa shape index (κ2) is 23.1. The first-order valence-corrected chi connectivity index (χ1v) is 29.3. The average molecular weight is 1140 g/mol. The molecule has 0 spiro atoms. The number of nitrogens with zero attached hydrogens (tertiary/aromatic N) is 6. The Kier molecular flexibility index (Phi) is 16.6. The number of hydrogen-bond donors (Lipinski definition) is 2. The van der Waals surface area contributed by atoms with Gasteiger partial charge in [0.2, 0.25) is 11.8 Å². The van der Waals surface area contributed by atoms with Crippen LogP contribution in [0.3, 0.4) is 0 Å². The van der Waals surface area contributed by atoms with Gasteiger partial charge in [-0.05, 0) is 162 Å². The highest BCUT2D eigenvalue weighted by atomic mass is 19.4. The predicted octanol–water partition coefficient (Wildman–Crippen LogP) is 9.13. The molecule has 1 saturated carbocycles. The van der Waals surface area contributed by atoms with E-state index >= 15 is 18.0 Å². The summed E-state index contributed by atoms with van der Waals surface area (Å²) in [5.41, 5.74) is 6.46. The van der Waals surface area contributed by atoms with Gasteiger partial charge in [-0.15, -0.1) is 0 Å². The molecular weight excluding hydrogens is 1060 g/mol. The Morgan fingerprint density at radius 2 is 1.62 bits per heavy atom. The summed E-state index contributed by atoms with van der Waals surface area (Å²) in [5.74, 6) is -2.81. The minimum atomic E-state index is -4.65. The number of nitrogens with one attached hydrogen (secondary N) is 2. The Hall–Kier alpha value is -6.25. The number of esters is 1. The molecule has 82 heavy (non-hydrogen) atoms. The van der Waals surface area contributed by atoms with Gasteiger partial charge in [-0.1, -0.05) is 39.8 Å². The molecule has 5 aliphatic heterocycles. The number of hydrazine groups is 1. The Labute approximate surface area is 478 Å². The summed E-state index contributed by atoms with van der Waals surface area (Å²) in [6.07, 6.45) is 1.35. The van der Waals surface area contributed by atoms with Crippen molar-refractivity contribution in [1.29, 1.82) is 0 Å². The van der Waals surface area contributed by atoms with Crippen LogP contribution in [0.25, 0.3) is 33.3 Å². The Morgan fingerprint density at radius 3 is 2.30 bits per heavy atom. The van der Waals surface area contributed by atoms with E-state index in [-0.39, 0.29) is 57.4 Å². The number of likely N-dealkylation sites (N-methyl/N-ethyl adjacent to an activating group) is 1. The molecule has 4 aromatic rings. The van der Waals surface area contributed by atoms with Crippen molar-refractivity contribution in [3.05, 3.63) is 71.0 Å². The van der Waals surface area contributed by atoms with E-state index in [1.54, 1.807) is 53.1 Å². The fourth-order valence-corrected chi connectivity index (χ4v) is 13.1.